The molecule has 6 heteroatoms. The van der Waals surface area contributed by atoms with E-state index >= 15 is 0 Å². The van der Waals surface area contributed by atoms with Gasteiger partial charge in [0.15, 0.2) is 11.5 Å². The molecule has 0 aromatic heterocycles. The highest BCUT2D eigenvalue weighted by molar-refractivity contribution is 5.84. The SMILES string of the molecule is CC1Oc2ccccc2OC1C(=O)N1C[C@H](C(=O)O)[C@H](c2ccccc2)C1. The topological polar surface area (TPSA) is 76.1 Å². The molecule has 27 heavy (non-hydrogen) atoms. The molecule has 1 N–H and O–H groups in total. The number of amides is 1. The molecule has 4 rings (SSSR count). The molecule has 2 unspecified atom stereocenters. The smallest absolute Gasteiger partial charge is 0.308 e. The van der Waals surface area contributed by atoms with E-state index in [9.17, 15) is 14.7 Å². The molecule has 140 valence electrons. The van der Waals surface area contributed by atoms with Crippen molar-refractivity contribution in [2.75, 3.05) is 13.1 Å². The molecule has 6 nitrogen and oxygen atoms in total. The fraction of sp³-hybridized carbons (Fsp3) is 0.333. The number of hydrogen-bond acceptors (Lipinski definition) is 4. The predicted molar refractivity (Wildman–Crippen MR) is 97.8 cm³/mol. The summed E-state index contributed by atoms with van der Waals surface area (Å²) in [5.41, 5.74) is 0.930. The van der Waals surface area contributed by atoms with Gasteiger partial charge in [-0.1, -0.05) is 42.5 Å². The molecular formula is C21H21NO5. The minimum Gasteiger partial charge on any atom is -0.482 e. The summed E-state index contributed by atoms with van der Waals surface area (Å²) < 4.78 is 11.7. The Morgan fingerprint density at radius 3 is 2.26 bits per heavy atom. The quantitative estimate of drug-likeness (QED) is 0.902. The fourth-order valence-corrected chi connectivity index (χ4v) is 3.84. The van der Waals surface area contributed by atoms with Gasteiger partial charge in [0.25, 0.3) is 5.91 Å². The Morgan fingerprint density at radius 2 is 1.59 bits per heavy atom. The van der Waals surface area contributed by atoms with Crippen LogP contribution in [0.2, 0.25) is 0 Å². The zero-order valence-electron chi connectivity index (χ0n) is 14.9. The van der Waals surface area contributed by atoms with Gasteiger partial charge >= 0.3 is 5.97 Å². The molecule has 2 aliphatic heterocycles. The average molecular weight is 367 g/mol. The lowest BCUT2D eigenvalue weighted by atomic mass is 9.89. The summed E-state index contributed by atoms with van der Waals surface area (Å²) in [5, 5.41) is 9.64. The highest BCUT2D eigenvalue weighted by Crippen LogP contribution is 2.37. The van der Waals surface area contributed by atoms with Gasteiger partial charge in [-0.05, 0) is 24.6 Å². The Balaban J connectivity index is 1.55. The van der Waals surface area contributed by atoms with Crippen LogP contribution in [0.4, 0.5) is 0 Å². The molecule has 4 atom stereocenters. The van der Waals surface area contributed by atoms with E-state index in [0.29, 0.717) is 18.0 Å². The van der Waals surface area contributed by atoms with Crippen LogP contribution in [0.1, 0.15) is 18.4 Å². The van der Waals surface area contributed by atoms with E-state index in [4.69, 9.17) is 9.47 Å². The second-order valence-electron chi connectivity index (χ2n) is 7.01. The zero-order valence-corrected chi connectivity index (χ0v) is 14.9. The first-order valence-corrected chi connectivity index (χ1v) is 9.03. The van der Waals surface area contributed by atoms with Gasteiger partial charge in [0, 0.05) is 19.0 Å². The van der Waals surface area contributed by atoms with E-state index in [-0.39, 0.29) is 18.4 Å². The van der Waals surface area contributed by atoms with Crippen molar-refractivity contribution in [3.63, 3.8) is 0 Å². The van der Waals surface area contributed by atoms with Crippen molar-refractivity contribution < 1.29 is 24.2 Å². The highest BCUT2D eigenvalue weighted by Gasteiger charge is 2.44. The van der Waals surface area contributed by atoms with Crippen LogP contribution in [0, 0.1) is 5.92 Å². The van der Waals surface area contributed by atoms with Crippen LogP contribution < -0.4 is 9.47 Å². The fourth-order valence-electron chi connectivity index (χ4n) is 3.84. The van der Waals surface area contributed by atoms with E-state index in [1.54, 1.807) is 24.0 Å². The number of rotatable bonds is 3. The van der Waals surface area contributed by atoms with Crippen molar-refractivity contribution in [1.82, 2.24) is 4.90 Å². The van der Waals surface area contributed by atoms with E-state index in [0.717, 1.165) is 5.56 Å². The number of fused-ring (bicyclic) bond motifs is 1. The van der Waals surface area contributed by atoms with Gasteiger partial charge in [-0.25, -0.2) is 0 Å². The molecule has 1 amide bonds. The predicted octanol–water partition coefficient (Wildman–Crippen LogP) is 2.54. The van der Waals surface area contributed by atoms with Gasteiger partial charge in [-0.15, -0.1) is 0 Å². The summed E-state index contributed by atoms with van der Waals surface area (Å²) in [5.74, 6) is -0.855. The van der Waals surface area contributed by atoms with Gasteiger partial charge in [-0.2, -0.15) is 0 Å². The molecule has 0 radical (unpaired) electrons. The van der Waals surface area contributed by atoms with Crippen molar-refractivity contribution in [2.45, 2.75) is 25.0 Å². The number of carboxylic acid groups (broad SMARTS) is 1. The molecule has 2 aromatic carbocycles. The van der Waals surface area contributed by atoms with Gasteiger partial charge in [0.1, 0.15) is 6.10 Å². The number of aliphatic carboxylic acids is 1. The van der Waals surface area contributed by atoms with Crippen LogP contribution in [-0.4, -0.2) is 47.2 Å². The third kappa shape index (κ3) is 3.23. The second-order valence-corrected chi connectivity index (χ2v) is 7.01. The Bertz CT molecular complexity index is 853. The van der Waals surface area contributed by atoms with Crippen molar-refractivity contribution in [1.29, 1.82) is 0 Å². The molecule has 0 saturated carbocycles. The number of para-hydroxylation sites is 2. The minimum absolute atomic E-state index is 0.169. The lowest BCUT2D eigenvalue weighted by molar-refractivity contribution is -0.144. The van der Waals surface area contributed by atoms with Crippen molar-refractivity contribution in [3.05, 3.63) is 60.2 Å². The Labute approximate surface area is 157 Å². The summed E-state index contributed by atoms with van der Waals surface area (Å²) in [6.07, 6.45) is -1.24. The molecule has 0 bridgehead atoms. The second kappa shape index (κ2) is 6.95. The Hall–Kier alpha value is -3.02. The van der Waals surface area contributed by atoms with Gasteiger partial charge < -0.3 is 19.5 Å². The number of ether oxygens (including phenoxy) is 2. The molecule has 0 spiro atoms. The molecule has 1 fully saturated rings. The van der Waals surface area contributed by atoms with Gasteiger partial charge in [-0.3, -0.25) is 9.59 Å². The molecule has 2 heterocycles. The maximum atomic E-state index is 13.1. The molecule has 2 aromatic rings. The van der Waals surface area contributed by atoms with Gasteiger partial charge in [0.05, 0.1) is 5.92 Å². The Morgan fingerprint density at radius 1 is 0.963 bits per heavy atom. The van der Waals surface area contributed by atoms with E-state index in [1.807, 2.05) is 42.5 Å². The third-order valence-corrected chi connectivity index (χ3v) is 5.26. The summed E-state index contributed by atoms with van der Waals surface area (Å²) in [7, 11) is 0. The molecular weight excluding hydrogens is 346 g/mol. The van der Waals surface area contributed by atoms with E-state index in [2.05, 4.69) is 0 Å². The van der Waals surface area contributed by atoms with Crippen LogP contribution in [0.15, 0.2) is 54.6 Å². The van der Waals surface area contributed by atoms with E-state index in [1.165, 1.54) is 0 Å². The monoisotopic (exact) mass is 367 g/mol. The summed E-state index contributed by atoms with van der Waals surface area (Å²) >= 11 is 0. The standard InChI is InChI=1S/C21H21NO5/c1-13-19(27-18-10-6-5-9-17(18)26-13)20(23)22-11-15(16(12-22)21(24)25)14-7-3-2-4-8-14/h2-10,13,15-16,19H,11-12H2,1H3,(H,24,25)/t13?,15-,16-,19?/m0/s1. The number of nitrogens with zero attached hydrogens (tertiary/aromatic N) is 1. The lowest BCUT2D eigenvalue weighted by Gasteiger charge is -2.33. The van der Waals surface area contributed by atoms with Crippen molar-refractivity contribution in [3.8, 4) is 11.5 Å². The number of carbonyl (C=O) groups is 2. The minimum atomic E-state index is -0.890. The first-order chi connectivity index (χ1) is 13.0. The van der Waals surface area contributed by atoms with Crippen LogP contribution in [0.5, 0.6) is 11.5 Å². The number of benzene rings is 2. The largest absolute Gasteiger partial charge is 0.482 e. The number of carboxylic acids is 1. The highest BCUT2D eigenvalue weighted by atomic mass is 16.6. The first kappa shape index (κ1) is 17.4. The summed E-state index contributed by atoms with van der Waals surface area (Å²) in [4.78, 5) is 26.4. The van der Waals surface area contributed by atoms with Crippen molar-refractivity contribution >= 4 is 11.9 Å². The third-order valence-electron chi connectivity index (χ3n) is 5.26. The molecule has 1 saturated heterocycles. The van der Waals surface area contributed by atoms with Crippen LogP contribution in [0.25, 0.3) is 0 Å². The summed E-state index contributed by atoms with van der Waals surface area (Å²) in [6.45, 7) is 2.31. The van der Waals surface area contributed by atoms with Gasteiger partial charge in [0.2, 0.25) is 6.10 Å². The zero-order chi connectivity index (χ0) is 19.0. The van der Waals surface area contributed by atoms with Crippen LogP contribution in [0.3, 0.4) is 0 Å². The molecule has 2 aliphatic rings. The maximum Gasteiger partial charge on any atom is 0.308 e. The first-order valence-electron chi connectivity index (χ1n) is 9.03. The van der Waals surface area contributed by atoms with Crippen LogP contribution >= 0.6 is 0 Å². The number of likely N-dealkylation sites (tertiary alicyclic amines) is 1. The van der Waals surface area contributed by atoms with E-state index < -0.39 is 24.1 Å². The Kier molecular flexibility index (Phi) is 4.48. The van der Waals surface area contributed by atoms with Crippen molar-refractivity contribution in [2.24, 2.45) is 5.92 Å². The lowest BCUT2D eigenvalue weighted by Crippen LogP contribution is -2.50. The maximum absolute atomic E-state index is 13.1. The normalized spacial score (nSPS) is 26.6. The summed E-state index contributed by atoms with van der Waals surface area (Å²) in [6, 6.07) is 16.7. The number of carbonyl (C=O) groups excluding carboxylic acids is 1. The van der Waals surface area contributed by atoms with Crippen LogP contribution in [-0.2, 0) is 9.59 Å². The molecule has 0 aliphatic carbocycles. The average Bonchev–Trinajstić information content (AvgIpc) is 3.13. The number of hydrogen-bond donors (Lipinski definition) is 1.